The third-order valence-corrected chi connectivity index (χ3v) is 3.04. The molecule has 0 saturated carbocycles. The molecule has 1 N–H and O–H groups in total. The second-order valence-electron chi connectivity index (χ2n) is 4.31. The summed E-state index contributed by atoms with van der Waals surface area (Å²) in [5.41, 5.74) is 0.127. The molecule has 19 heavy (non-hydrogen) atoms. The highest BCUT2D eigenvalue weighted by atomic mass is 19.1. The van der Waals surface area contributed by atoms with E-state index in [1.807, 2.05) is 0 Å². The Kier molecular flexibility index (Phi) is 3.99. The summed E-state index contributed by atoms with van der Waals surface area (Å²) in [7, 11) is 0. The first kappa shape index (κ1) is 13.3. The summed E-state index contributed by atoms with van der Waals surface area (Å²) in [5, 5.41) is 8.71. The van der Waals surface area contributed by atoms with Crippen LogP contribution in [-0.2, 0) is 9.53 Å². The van der Waals surface area contributed by atoms with Gasteiger partial charge in [0.05, 0.1) is 12.3 Å². The zero-order valence-electron chi connectivity index (χ0n) is 10.2. The Morgan fingerprint density at radius 2 is 2.21 bits per heavy atom. The summed E-state index contributed by atoms with van der Waals surface area (Å²) < 4.78 is 18.7. The van der Waals surface area contributed by atoms with Gasteiger partial charge in [-0.2, -0.15) is 0 Å². The number of hydrogen-bond donors (Lipinski definition) is 1. The molecule has 1 amide bonds. The first-order valence-electron chi connectivity index (χ1n) is 6.02. The highest BCUT2D eigenvalue weighted by Crippen LogP contribution is 2.27. The van der Waals surface area contributed by atoms with Crippen LogP contribution in [0.5, 0.6) is 0 Å². The maximum absolute atomic E-state index is 13.8. The van der Waals surface area contributed by atoms with Crippen molar-refractivity contribution < 1.29 is 23.8 Å². The number of aliphatic carboxylic acids is 1. The van der Waals surface area contributed by atoms with Gasteiger partial charge >= 0.3 is 12.1 Å². The van der Waals surface area contributed by atoms with E-state index in [9.17, 15) is 14.0 Å². The standard InChI is InChI=1S/C13H14FNO4/c14-10-3-1-2-4-11(10)15-9(5-6-12(16)17)7-8-19-13(15)18/h1-4,9H,5-8H2,(H,16,17). The molecule has 6 heteroatoms. The number of carbonyl (C=O) groups excluding carboxylic acids is 1. The lowest BCUT2D eigenvalue weighted by Gasteiger charge is -2.34. The van der Waals surface area contributed by atoms with E-state index in [1.54, 1.807) is 6.07 Å². The van der Waals surface area contributed by atoms with Crippen LogP contribution in [0.1, 0.15) is 19.3 Å². The van der Waals surface area contributed by atoms with Gasteiger partial charge in [0, 0.05) is 18.9 Å². The fraction of sp³-hybridized carbons (Fsp3) is 0.385. The van der Waals surface area contributed by atoms with Crippen LogP contribution in [0.2, 0.25) is 0 Å². The van der Waals surface area contributed by atoms with E-state index in [-0.39, 0.29) is 31.2 Å². The third kappa shape index (κ3) is 3.01. The smallest absolute Gasteiger partial charge is 0.414 e. The summed E-state index contributed by atoms with van der Waals surface area (Å²) >= 11 is 0. The minimum Gasteiger partial charge on any atom is -0.481 e. The molecule has 1 unspecified atom stereocenters. The van der Waals surface area contributed by atoms with Crippen molar-refractivity contribution in [3.05, 3.63) is 30.1 Å². The van der Waals surface area contributed by atoms with Crippen LogP contribution in [0, 0.1) is 5.82 Å². The van der Waals surface area contributed by atoms with Gasteiger partial charge in [0.25, 0.3) is 0 Å². The molecule has 1 aliphatic heterocycles. The molecule has 0 aromatic heterocycles. The van der Waals surface area contributed by atoms with Crippen LogP contribution in [0.3, 0.4) is 0 Å². The average Bonchev–Trinajstić information content (AvgIpc) is 2.37. The Morgan fingerprint density at radius 1 is 1.47 bits per heavy atom. The molecule has 0 aliphatic carbocycles. The van der Waals surface area contributed by atoms with Crippen molar-refractivity contribution in [2.75, 3.05) is 11.5 Å². The zero-order chi connectivity index (χ0) is 13.8. The Hall–Kier alpha value is -2.11. The quantitative estimate of drug-likeness (QED) is 0.909. The van der Waals surface area contributed by atoms with Gasteiger partial charge in [-0.3, -0.25) is 9.69 Å². The molecule has 1 fully saturated rings. The van der Waals surface area contributed by atoms with Crippen molar-refractivity contribution in [1.29, 1.82) is 0 Å². The predicted molar refractivity (Wildman–Crippen MR) is 65.5 cm³/mol. The maximum atomic E-state index is 13.8. The van der Waals surface area contributed by atoms with Gasteiger partial charge < -0.3 is 9.84 Å². The Labute approximate surface area is 109 Å². The van der Waals surface area contributed by atoms with Gasteiger partial charge in [-0.1, -0.05) is 12.1 Å². The number of rotatable bonds is 4. The van der Waals surface area contributed by atoms with Crippen LogP contribution < -0.4 is 4.90 Å². The number of carboxylic acid groups (broad SMARTS) is 1. The molecule has 1 aliphatic rings. The molecular weight excluding hydrogens is 253 g/mol. The maximum Gasteiger partial charge on any atom is 0.414 e. The number of nitrogens with zero attached hydrogens (tertiary/aromatic N) is 1. The molecule has 1 heterocycles. The van der Waals surface area contributed by atoms with Gasteiger partial charge in [-0.25, -0.2) is 9.18 Å². The molecule has 0 bridgehead atoms. The lowest BCUT2D eigenvalue weighted by molar-refractivity contribution is -0.137. The highest BCUT2D eigenvalue weighted by molar-refractivity contribution is 5.89. The molecule has 5 nitrogen and oxygen atoms in total. The lowest BCUT2D eigenvalue weighted by atomic mass is 10.0. The number of anilines is 1. The fourth-order valence-electron chi connectivity index (χ4n) is 2.14. The van der Waals surface area contributed by atoms with Crippen molar-refractivity contribution in [2.45, 2.75) is 25.3 Å². The number of amides is 1. The Bertz CT molecular complexity index is 491. The number of benzene rings is 1. The van der Waals surface area contributed by atoms with E-state index in [1.165, 1.54) is 23.1 Å². The van der Waals surface area contributed by atoms with Gasteiger partial charge in [0.15, 0.2) is 0 Å². The molecule has 1 aromatic rings. The molecule has 2 rings (SSSR count). The number of ether oxygens (including phenoxy) is 1. The van der Waals surface area contributed by atoms with Crippen LogP contribution in [0.15, 0.2) is 24.3 Å². The first-order chi connectivity index (χ1) is 9.09. The molecular formula is C13H14FNO4. The first-order valence-corrected chi connectivity index (χ1v) is 6.02. The molecule has 0 radical (unpaired) electrons. The van der Waals surface area contributed by atoms with E-state index < -0.39 is 17.9 Å². The third-order valence-electron chi connectivity index (χ3n) is 3.04. The van der Waals surface area contributed by atoms with Gasteiger partial charge in [-0.05, 0) is 18.6 Å². The van der Waals surface area contributed by atoms with Crippen molar-refractivity contribution in [1.82, 2.24) is 0 Å². The summed E-state index contributed by atoms with van der Waals surface area (Å²) in [4.78, 5) is 23.6. The van der Waals surface area contributed by atoms with E-state index >= 15 is 0 Å². The van der Waals surface area contributed by atoms with Crippen LogP contribution in [-0.4, -0.2) is 29.8 Å². The van der Waals surface area contributed by atoms with E-state index in [0.29, 0.717) is 6.42 Å². The molecule has 1 saturated heterocycles. The second kappa shape index (κ2) is 5.69. The van der Waals surface area contributed by atoms with E-state index in [2.05, 4.69) is 0 Å². The number of carbonyl (C=O) groups is 2. The minimum atomic E-state index is -0.938. The minimum absolute atomic E-state index is 0.0666. The number of cyclic esters (lactones) is 1. The van der Waals surface area contributed by atoms with Crippen molar-refractivity contribution >= 4 is 17.7 Å². The number of hydrogen-bond acceptors (Lipinski definition) is 3. The highest BCUT2D eigenvalue weighted by Gasteiger charge is 2.32. The zero-order valence-corrected chi connectivity index (χ0v) is 10.2. The Balaban J connectivity index is 2.23. The van der Waals surface area contributed by atoms with Crippen molar-refractivity contribution in [3.8, 4) is 0 Å². The summed E-state index contributed by atoms with van der Waals surface area (Å²) in [6.45, 7) is 0.230. The predicted octanol–water partition coefficient (Wildman–Crippen LogP) is 2.41. The normalized spacial score (nSPS) is 19.1. The SMILES string of the molecule is O=C(O)CCC1CCOC(=O)N1c1ccccc1F. The van der Waals surface area contributed by atoms with Crippen molar-refractivity contribution in [3.63, 3.8) is 0 Å². The largest absolute Gasteiger partial charge is 0.481 e. The van der Waals surface area contributed by atoms with E-state index in [0.717, 1.165) is 0 Å². The van der Waals surface area contributed by atoms with Gasteiger partial charge in [0.2, 0.25) is 0 Å². The van der Waals surface area contributed by atoms with Crippen LogP contribution >= 0.6 is 0 Å². The fourth-order valence-corrected chi connectivity index (χ4v) is 2.14. The number of carboxylic acids is 1. The average molecular weight is 267 g/mol. The van der Waals surface area contributed by atoms with Crippen LogP contribution in [0.25, 0.3) is 0 Å². The summed E-state index contributed by atoms with van der Waals surface area (Å²) in [6, 6.07) is 5.53. The molecule has 1 atom stereocenters. The lowest BCUT2D eigenvalue weighted by Crippen LogP contribution is -2.46. The van der Waals surface area contributed by atoms with Gasteiger partial charge in [-0.15, -0.1) is 0 Å². The molecule has 1 aromatic carbocycles. The topological polar surface area (TPSA) is 66.8 Å². The van der Waals surface area contributed by atoms with Crippen LogP contribution in [0.4, 0.5) is 14.9 Å². The monoisotopic (exact) mass is 267 g/mol. The molecule has 0 spiro atoms. The summed E-state index contributed by atoms with van der Waals surface area (Å²) in [5.74, 6) is -1.46. The van der Waals surface area contributed by atoms with E-state index in [4.69, 9.17) is 9.84 Å². The Morgan fingerprint density at radius 3 is 2.89 bits per heavy atom. The number of halogens is 1. The summed E-state index contributed by atoms with van der Waals surface area (Å²) in [6.07, 6.45) is 0.0707. The number of para-hydroxylation sites is 1. The van der Waals surface area contributed by atoms with Gasteiger partial charge in [0.1, 0.15) is 5.82 Å². The molecule has 102 valence electrons. The second-order valence-corrected chi connectivity index (χ2v) is 4.31. The van der Waals surface area contributed by atoms with Crippen molar-refractivity contribution in [2.24, 2.45) is 0 Å².